The van der Waals surface area contributed by atoms with Gasteiger partial charge in [0.2, 0.25) is 0 Å². The Morgan fingerprint density at radius 1 is 0.800 bits per heavy atom. The highest BCUT2D eigenvalue weighted by Crippen LogP contribution is 2.72. The monoisotopic (exact) mass is 557 g/mol. The molecule has 3 fully saturated rings. The van der Waals surface area contributed by atoms with Gasteiger partial charge in [-0.25, -0.2) is 0 Å². The molecule has 0 nitrogen and oxygen atoms in total. The third kappa shape index (κ3) is 8.13. The number of hydrogen-bond donors (Lipinski definition) is 0. The van der Waals surface area contributed by atoms with Gasteiger partial charge in [-0.1, -0.05) is 128 Å². The van der Waals surface area contributed by atoms with Gasteiger partial charge in [0.05, 0.1) is 0 Å². The Morgan fingerprint density at radius 2 is 1.45 bits per heavy atom. The summed E-state index contributed by atoms with van der Waals surface area (Å²) in [6.45, 7) is 30.5. The van der Waals surface area contributed by atoms with E-state index in [-0.39, 0.29) is 0 Å². The summed E-state index contributed by atoms with van der Waals surface area (Å²) < 4.78 is 0. The van der Waals surface area contributed by atoms with Crippen LogP contribution < -0.4 is 0 Å². The van der Waals surface area contributed by atoms with Crippen LogP contribution in [-0.2, 0) is 0 Å². The van der Waals surface area contributed by atoms with E-state index in [1.165, 1.54) is 89.9 Å². The second kappa shape index (κ2) is 14.7. The van der Waals surface area contributed by atoms with Crippen LogP contribution >= 0.6 is 0 Å². The van der Waals surface area contributed by atoms with Crippen molar-refractivity contribution in [3.8, 4) is 0 Å². The molecule has 0 aromatic heterocycles. The quantitative estimate of drug-likeness (QED) is 0.148. The molecule has 0 aliphatic heterocycles. The van der Waals surface area contributed by atoms with Gasteiger partial charge < -0.3 is 0 Å². The maximum Gasteiger partial charge on any atom is -0.0240 e. The molecule has 0 radical (unpaired) electrons. The van der Waals surface area contributed by atoms with Crippen LogP contribution in [0.2, 0.25) is 0 Å². The van der Waals surface area contributed by atoms with Gasteiger partial charge in [-0.2, -0.15) is 0 Å². The summed E-state index contributed by atoms with van der Waals surface area (Å²) in [5.74, 6) is 11.4. The molecule has 0 aromatic carbocycles. The molecule has 0 saturated heterocycles. The second-order valence-electron chi connectivity index (χ2n) is 17.8. The summed E-state index contributed by atoms with van der Waals surface area (Å²) in [4.78, 5) is 0. The lowest BCUT2D eigenvalue weighted by molar-refractivity contribution is 0.110. The van der Waals surface area contributed by atoms with Crippen LogP contribution in [0.1, 0.15) is 173 Å². The van der Waals surface area contributed by atoms with Crippen molar-refractivity contribution in [1.82, 2.24) is 0 Å². The van der Waals surface area contributed by atoms with E-state index in [1.807, 2.05) is 0 Å². The molecule has 10 unspecified atom stereocenters. The van der Waals surface area contributed by atoms with Gasteiger partial charge in [-0.15, -0.1) is 0 Å². The number of rotatable bonds is 19. The number of hydrogen-bond acceptors (Lipinski definition) is 0. The maximum absolute atomic E-state index is 2.64. The van der Waals surface area contributed by atoms with Gasteiger partial charge in [0.25, 0.3) is 0 Å². The van der Waals surface area contributed by atoms with E-state index in [1.54, 1.807) is 0 Å². The molecule has 40 heavy (non-hydrogen) atoms. The van der Waals surface area contributed by atoms with Crippen molar-refractivity contribution in [2.24, 2.45) is 81.8 Å². The van der Waals surface area contributed by atoms with Gasteiger partial charge in [0, 0.05) is 0 Å². The molecule has 0 aromatic rings. The van der Waals surface area contributed by atoms with Crippen LogP contribution in [0.5, 0.6) is 0 Å². The Hall–Kier alpha value is 0. The van der Waals surface area contributed by atoms with Crippen molar-refractivity contribution in [3.63, 3.8) is 0 Å². The summed E-state index contributed by atoms with van der Waals surface area (Å²) >= 11 is 0. The maximum atomic E-state index is 2.64. The predicted molar refractivity (Wildman–Crippen MR) is 179 cm³/mol. The first-order valence-electron chi connectivity index (χ1n) is 18.8. The zero-order valence-corrected chi connectivity index (χ0v) is 29.8. The summed E-state index contributed by atoms with van der Waals surface area (Å²) in [5, 5.41) is 0. The Kier molecular flexibility index (Phi) is 12.6. The van der Waals surface area contributed by atoms with E-state index in [0.29, 0.717) is 10.8 Å². The summed E-state index contributed by atoms with van der Waals surface area (Å²) in [7, 11) is 0. The average molecular weight is 557 g/mol. The Morgan fingerprint density at radius 3 is 1.95 bits per heavy atom. The lowest BCUT2D eigenvalue weighted by Gasteiger charge is -2.39. The molecular formula is C40H76. The first-order valence-corrected chi connectivity index (χ1v) is 18.8. The minimum atomic E-state index is 0.533. The fourth-order valence-corrected chi connectivity index (χ4v) is 10.7. The summed E-state index contributed by atoms with van der Waals surface area (Å²) in [6.07, 6.45) is 20.4. The predicted octanol–water partition coefficient (Wildman–Crippen LogP) is 13.1. The normalized spacial score (nSPS) is 34.6. The van der Waals surface area contributed by atoms with Crippen LogP contribution in [0, 0.1) is 81.8 Å². The molecule has 0 bridgehead atoms. The van der Waals surface area contributed by atoms with Crippen molar-refractivity contribution in [2.45, 2.75) is 173 Å². The second-order valence-corrected chi connectivity index (χ2v) is 17.8. The molecule has 0 heterocycles. The molecule has 3 aliphatic rings. The Labute approximate surface area is 254 Å². The van der Waals surface area contributed by atoms with E-state index < -0.39 is 0 Å². The highest BCUT2D eigenvalue weighted by atomic mass is 14.7. The molecular weight excluding hydrogens is 480 g/mol. The van der Waals surface area contributed by atoms with Crippen molar-refractivity contribution in [3.05, 3.63) is 0 Å². The lowest BCUT2D eigenvalue weighted by Crippen LogP contribution is -2.29. The van der Waals surface area contributed by atoms with E-state index >= 15 is 0 Å². The summed E-state index contributed by atoms with van der Waals surface area (Å²) in [5.41, 5.74) is 1.21. The van der Waals surface area contributed by atoms with E-state index in [0.717, 1.165) is 71.0 Å². The highest BCUT2D eigenvalue weighted by Gasteiger charge is 2.66. The standard InChI is InChI=1S/C40H76/c1-13-22-39(10,11)23-16-17-29(6)36(30(7)24-34-21-20-28(34)5)19-15-18-33(14-2)31(8)32(9)35-25-37-38(26-35)40(37,12)27(3)4/h27-38H,13-26H2,1-12H3. The molecule has 0 N–H and O–H groups in total. The zero-order valence-electron chi connectivity index (χ0n) is 29.8. The molecule has 236 valence electrons. The Balaban J connectivity index is 1.51. The average Bonchev–Trinajstić information content (AvgIpc) is 3.23. The van der Waals surface area contributed by atoms with Crippen molar-refractivity contribution in [2.75, 3.05) is 0 Å². The lowest BCUT2D eigenvalue weighted by atomic mass is 9.66. The van der Waals surface area contributed by atoms with Crippen LogP contribution in [0.25, 0.3) is 0 Å². The SMILES string of the molecule is CCCC(C)(C)CCCC(C)C(CCCC(CC)C(C)C(C)C1CC2C(C1)C2(C)C(C)C)C(C)CC1CCC1C. The molecule has 0 amide bonds. The largest absolute Gasteiger partial charge is 0.0654 e. The molecule has 3 rings (SSSR count). The minimum Gasteiger partial charge on any atom is -0.0654 e. The number of fused-ring (bicyclic) bond motifs is 1. The van der Waals surface area contributed by atoms with Gasteiger partial charge in [-0.3, -0.25) is 0 Å². The fourth-order valence-electron chi connectivity index (χ4n) is 10.7. The molecule has 3 aliphatic carbocycles. The van der Waals surface area contributed by atoms with Crippen molar-refractivity contribution in [1.29, 1.82) is 0 Å². The van der Waals surface area contributed by atoms with E-state index in [9.17, 15) is 0 Å². The van der Waals surface area contributed by atoms with Gasteiger partial charge in [-0.05, 0) is 127 Å². The van der Waals surface area contributed by atoms with Crippen LogP contribution in [0.15, 0.2) is 0 Å². The van der Waals surface area contributed by atoms with Gasteiger partial charge in [0.1, 0.15) is 0 Å². The third-order valence-electron chi connectivity index (χ3n) is 14.7. The summed E-state index contributed by atoms with van der Waals surface area (Å²) in [6, 6.07) is 0. The van der Waals surface area contributed by atoms with E-state index in [2.05, 4.69) is 83.1 Å². The molecule has 10 atom stereocenters. The van der Waals surface area contributed by atoms with Crippen molar-refractivity contribution >= 4 is 0 Å². The molecule has 0 spiro atoms. The van der Waals surface area contributed by atoms with E-state index in [4.69, 9.17) is 0 Å². The molecule has 0 heteroatoms. The van der Waals surface area contributed by atoms with Crippen LogP contribution in [0.4, 0.5) is 0 Å². The molecule has 3 saturated carbocycles. The van der Waals surface area contributed by atoms with Crippen LogP contribution in [0.3, 0.4) is 0 Å². The topological polar surface area (TPSA) is 0 Å². The minimum absolute atomic E-state index is 0.533. The zero-order chi connectivity index (χ0) is 29.8. The smallest absolute Gasteiger partial charge is 0.0240 e. The fraction of sp³-hybridized carbons (Fsp3) is 1.00. The van der Waals surface area contributed by atoms with Gasteiger partial charge >= 0.3 is 0 Å². The van der Waals surface area contributed by atoms with Gasteiger partial charge in [0.15, 0.2) is 0 Å². The Bertz CT molecular complexity index is 718. The van der Waals surface area contributed by atoms with Crippen molar-refractivity contribution < 1.29 is 0 Å². The first-order chi connectivity index (χ1) is 18.8. The third-order valence-corrected chi connectivity index (χ3v) is 14.7. The highest BCUT2D eigenvalue weighted by molar-refractivity contribution is 5.14. The van der Waals surface area contributed by atoms with Crippen LogP contribution in [-0.4, -0.2) is 0 Å². The first kappa shape index (κ1) is 34.5.